The zero-order valence-corrected chi connectivity index (χ0v) is 12.5. The minimum atomic E-state index is -1.06. The van der Waals surface area contributed by atoms with Crippen LogP contribution >= 0.6 is 22.7 Å². The Hall–Kier alpha value is -1.77. The van der Waals surface area contributed by atoms with Gasteiger partial charge in [0, 0.05) is 11.9 Å². The van der Waals surface area contributed by atoms with Gasteiger partial charge in [0.2, 0.25) is 0 Å². The summed E-state index contributed by atoms with van der Waals surface area (Å²) in [7, 11) is 0. The van der Waals surface area contributed by atoms with E-state index in [0.29, 0.717) is 6.61 Å². The number of aromatic nitrogens is 1. The number of ether oxygens (including phenoxy) is 1. The Morgan fingerprint density at radius 1 is 1.43 bits per heavy atom. The molecule has 1 fully saturated rings. The van der Waals surface area contributed by atoms with Crippen LogP contribution in [-0.2, 0) is 9.53 Å². The Morgan fingerprint density at radius 2 is 2.29 bits per heavy atom. The van der Waals surface area contributed by atoms with Crippen molar-refractivity contribution >= 4 is 34.6 Å². The monoisotopic (exact) mass is 324 g/mol. The smallest absolute Gasteiger partial charge is 0.328 e. The summed E-state index contributed by atoms with van der Waals surface area (Å²) in [5, 5.41) is 13.6. The Bertz CT molecular complexity index is 653. The van der Waals surface area contributed by atoms with Crippen molar-refractivity contribution in [2.24, 2.45) is 0 Å². The maximum Gasteiger partial charge on any atom is 0.328 e. The van der Waals surface area contributed by atoms with Crippen molar-refractivity contribution in [2.75, 3.05) is 19.8 Å². The van der Waals surface area contributed by atoms with Gasteiger partial charge in [0.15, 0.2) is 6.04 Å². The highest BCUT2D eigenvalue weighted by atomic mass is 32.1. The number of carboxylic acids is 1. The number of hydrogen-bond donors (Lipinski definition) is 1. The molecule has 8 heteroatoms. The number of nitrogens with zero attached hydrogens (tertiary/aromatic N) is 2. The number of rotatable bonds is 3. The van der Waals surface area contributed by atoms with Crippen molar-refractivity contribution < 1.29 is 19.4 Å². The van der Waals surface area contributed by atoms with Crippen LogP contribution in [0.4, 0.5) is 0 Å². The lowest BCUT2D eigenvalue weighted by Crippen LogP contribution is -2.52. The first kappa shape index (κ1) is 14.2. The van der Waals surface area contributed by atoms with Crippen molar-refractivity contribution in [3.63, 3.8) is 0 Å². The molecule has 1 atom stereocenters. The van der Waals surface area contributed by atoms with Crippen LogP contribution in [0.25, 0.3) is 9.88 Å². The van der Waals surface area contributed by atoms with Crippen molar-refractivity contribution in [3.05, 3.63) is 28.6 Å². The largest absolute Gasteiger partial charge is 0.480 e. The molecule has 0 aliphatic carbocycles. The molecular weight excluding hydrogens is 312 g/mol. The Labute approximate surface area is 128 Å². The van der Waals surface area contributed by atoms with Crippen LogP contribution in [0.2, 0.25) is 0 Å². The van der Waals surface area contributed by atoms with Gasteiger partial charge in [-0.15, -0.1) is 22.7 Å². The SMILES string of the molecule is O=C(O)[C@@H]1COCCN1C(=O)c1csc(-c2cccs2)n1. The maximum atomic E-state index is 12.5. The fraction of sp³-hybridized carbons (Fsp3) is 0.308. The summed E-state index contributed by atoms with van der Waals surface area (Å²) in [4.78, 5) is 30.3. The quantitative estimate of drug-likeness (QED) is 0.931. The van der Waals surface area contributed by atoms with Crippen molar-refractivity contribution in [1.82, 2.24) is 9.88 Å². The molecule has 3 heterocycles. The molecule has 0 spiro atoms. The first-order chi connectivity index (χ1) is 10.2. The summed E-state index contributed by atoms with van der Waals surface area (Å²) >= 11 is 2.93. The van der Waals surface area contributed by atoms with Crippen molar-refractivity contribution in [3.8, 4) is 9.88 Å². The standard InChI is InChI=1S/C13H12N2O4S2/c16-12(15-3-4-19-6-9(15)13(17)18)8-7-21-11(14-8)10-2-1-5-20-10/h1-2,5,7,9H,3-4,6H2,(H,17,18)/t9-/m0/s1. The van der Waals surface area contributed by atoms with Crippen LogP contribution in [0.3, 0.4) is 0 Å². The van der Waals surface area contributed by atoms with Gasteiger partial charge >= 0.3 is 5.97 Å². The van der Waals surface area contributed by atoms with E-state index in [4.69, 9.17) is 9.84 Å². The lowest BCUT2D eigenvalue weighted by molar-refractivity contribution is -0.147. The molecule has 3 rings (SSSR count). The zero-order valence-electron chi connectivity index (χ0n) is 10.9. The molecule has 0 aromatic carbocycles. The average molecular weight is 324 g/mol. The topological polar surface area (TPSA) is 79.7 Å². The third kappa shape index (κ3) is 2.82. The number of hydrogen-bond acceptors (Lipinski definition) is 6. The van der Waals surface area contributed by atoms with Crippen LogP contribution in [-0.4, -0.2) is 52.7 Å². The normalized spacial score (nSPS) is 18.7. The number of carbonyl (C=O) groups excluding carboxylic acids is 1. The highest BCUT2D eigenvalue weighted by Gasteiger charge is 2.34. The molecule has 2 aromatic rings. The Morgan fingerprint density at radius 3 is 3.00 bits per heavy atom. The first-order valence-electron chi connectivity index (χ1n) is 6.28. The van der Waals surface area contributed by atoms with Crippen LogP contribution in [0.15, 0.2) is 22.9 Å². The molecule has 6 nitrogen and oxygen atoms in total. The number of thiazole rings is 1. The highest BCUT2D eigenvalue weighted by molar-refractivity contribution is 7.20. The summed E-state index contributed by atoms with van der Waals surface area (Å²) in [5.74, 6) is -1.42. The van der Waals surface area contributed by atoms with Gasteiger partial charge in [-0.1, -0.05) is 6.07 Å². The fourth-order valence-corrected chi connectivity index (χ4v) is 3.69. The van der Waals surface area contributed by atoms with Gasteiger partial charge in [0.1, 0.15) is 10.7 Å². The molecule has 0 bridgehead atoms. The van der Waals surface area contributed by atoms with Crippen LogP contribution in [0, 0.1) is 0 Å². The van der Waals surface area contributed by atoms with Crippen LogP contribution < -0.4 is 0 Å². The minimum Gasteiger partial charge on any atom is -0.480 e. The molecule has 110 valence electrons. The molecule has 1 N–H and O–H groups in total. The molecule has 1 amide bonds. The fourth-order valence-electron chi connectivity index (χ4n) is 2.08. The van der Waals surface area contributed by atoms with Gasteiger partial charge in [-0.25, -0.2) is 9.78 Å². The molecule has 0 radical (unpaired) electrons. The number of aliphatic carboxylic acids is 1. The van der Waals surface area contributed by atoms with Crippen molar-refractivity contribution in [1.29, 1.82) is 0 Å². The summed E-state index contributed by atoms with van der Waals surface area (Å²) < 4.78 is 5.13. The van der Waals surface area contributed by atoms with E-state index < -0.39 is 12.0 Å². The number of carbonyl (C=O) groups is 2. The lowest BCUT2D eigenvalue weighted by Gasteiger charge is -2.32. The molecule has 1 aliphatic rings. The summed E-state index contributed by atoms with van der Waals surface area (Å²) in [5.41, 5.74) is 0.288. The lowest BCUT2D eigenvalue weighted by atomic mass is 10.2. The van der Waals surface area contributed by atoms with Gasteiger partial charge < -0.3 is 14.7 Å². The van der Waals surface area contributed by atoms with Crippen molar-refractivity contribution in [2.45, 2.75) is 6.04 Å². The second-order valence-corrected chi connectivity index (χ2v) is 6.25. The minimum absolute atomic E-state index is 0.0169. The van der Waals surface area contributed by atoms with Gasteiger partial charge in [0.25, 0.3) is 5.91 Å². The van der Waals surface area contributed by atoms with E-state index in [2.05, 4.69) is 4.98 Å². The van der Waals surface area contributed by atoms with E-state index in [1.54, 1.807) is 16.7 Å². The van der Waals surface area contributed by atoms with E-state index in [9.17, 15) is 9.59 Å². The summed E-state index contributed by atoms with van der Waals surface area (Å²) in [6.07, 6.45) is 0. The van der Waals surface area contributed by atoms with Gasteiger partial charge in [-0.3, -0.25) is 4.79 Å². The second-order valence-electron chi connectivity index (χ2n) is 4.44. The molecular formula is C13H12N2O4S2. The van der Waals surface area contributed by atoms with E-state index in [1.807, 2.05) is 17.5 Å². The van der Waals surface area contributed by atoms with Crippen LogP contribution in [0.5, 0.6) is 0 Å². The molecule has 0 saturated carbocycles. The van der Waals surface area contributed by atoms with Gasteiger partial charge in [-0.2, -0.15) is 0 Å². The predicted octanol–water partition coefficient (Wildman–Crippen LogP) is 1.80. The molecule has 21 heavy (non-hydrogen) atoms. The molecule has 0 unspecified atom stereocenters. The Balaban J connectivity index is 1.83. The number of amides is 1. The van der Waals surface area contributed by atoms with E-state index in [-0.39, 0.29) is 24.8 Å². The van der Waals surface area contributed by atoms with Crippen LogP contribution in [0.1, 0.15) is 10.5 Å². The summed E-state index contributed by atoms with van der Waals surface area (Å²) in [6, 6.07) is 2.91. The van der Waals surface area contributed by atoms with Gasteiger partial charge in [-0.05, 0) is 11.4 Å². The van der Waals surface area contributed by atoms with E-state index in [0.717, 1.165) is 9.88 Å². The molecule has 1 aliphatic heterocycles. The first-order valence-corrected chi connectivity index (χ1v) is 8.03. The maximum absolute atomic E-state index is 12.5. The van der Waals surface area contributed by atoms with Gasteiger partial charge in [0.05, 0.1) is 18.1 Å². The van der Waals surface area contributed by atoms with E-state index >= 15 is 0 Å². The predicted molar refractivity (Wildman–Crippen MR) is 78.7 cm³/mol. The molecule has 2 aromatic heterocycles. The average Bonchev–Trinajstić information content (AvgIpc) is 3.17. The molecule has 1 saturated heterocycles. The second kappa shape index (κ2) is 5.92. The Kier molecular flexibility index (Phi) is 4.00. The number of carboxylic acid groups (broad SMARTS) is 1. The number of morpholine rings is 1. The van der Waals surface area contributed by atoms with E-state index in [1.165, 1.54) is 16.2 Å². The highest BCUT2D eigenvalue weighted by Crippen LogP contribution is 2.28. The third-order valence-corrected chi connectivity index (χ3v) is 5.01. The third-order valence-electron chi connectivity index (χ3n) is 3.13. The summed E-state index contributed by atoms with van der Waals surface area (Å²) in [6.45, 7) is 0.627. The number of thiophene rings is 1. The zero-order chi connectivity index (χ0) is 14.8.